The second-order valence-corrected chi connectivity index (χ2v) is 2.81. The van der Waals surface area contributed by atoms with Gasteiger partial charge in [-0.05, 0) is 13.3 Å². The predicted octanol–water partition coefficient (Wildman–Crippen LogP) is 1.89. The minimum Gasteiger partial charge on any atom is -0.346 e. The molecular formula is C10H15N3. The van der Waals surface area contributed by atoms with Gasteiger partial charge in [0.1, 0.15) is 0 Å². The summed E-state index contributed by atoms with van der Waals surface area (Å²) in [5.74, 6) is 0. The van der Waals surface area contributed by atoms with E-state index in [-0.39, 0.29) is 0 Å². The minimum atomic E-state index is 1.00. The molecule has 0 saturated carbocycles. The fraction of sp³-hybridized carbons (Fsp3) is 0.400. The lowest BCUT2D eigenvalue weighted by Gasteiger charge is -2.13. The molecule has 3 heteroatoms. The summed E-state index contributed by atoms with van der Waals surface area (Å²) in [6, 6.07) is 0. The van der Waals surface area contributed by atoms with Crippen LogP contribution in [-0.4, -0.2) is 19.6 Å². The van der Waals surface area contributed by atoms with Crippen molar-refractivity contribution in [3.8, 4) is 0 Å². The summed E-state index contributed by atoms with van der Waals surface area (Å²) in [6.07, 6.45) is 6.68. The summed E-state index contributed by atoms with van der Waals surface area (Å²) in [5.41, 5.74) is 3.18. The van der Waals surface area contributed by atoms with Gasteiger partial charge in [0.05, 0.1) is 6.34 Å². The van der Waals surface area contributed by atoms with Crippen LogP contribution in [-0.2, 0) is 0 Å². The molecule has 1 rings (SSSR count). The standard InChI is InChI=1S/C10H15N3/c1-4-5-10-9(6-11-3)8(2)12-7-13-10/h5-7H,4H2,1-3H3,(H,12,13)/b10-5-,11-6-. The van der Waals surface area contributed by atoms with Crippen LogP contribution in [0.4, 0.5) is 0 Å². The van der Waals surface area contributed by atoms with Crippen molar-refractivity contribution in [1.82, 2.24) is 5.32 Å². The van der Waals surface area contributed by atoms with Gasteiger partial charge in [0.2, 0.25) is 0 Å². The number of rotatable bonds is 2. The SMILES string of the molecule is CC/C=C1\NC=NC(C)=C1/C=N\C. The minimum absolute atomic E-state index is 1.00. The predicted molar refractivity (Wildman–Crippen MR) is 57.1 cm³/mol. The number of allylic oxidation sites excluding steroid dienone is 3. The molecule has 70 valence electrons. The first-order valence-corrected chi connectivity index (χ1v) is 4.42. The number of nitrogens with one attached hydrogen (secondary N) is 1. The normalized spacial score (nSPS) is 20.1. The van der Waals surface area contributed by atoms with Gasteiger partial charge < -0.3 is 5.32 Å². The van der Waals surface area contributed by atoms with Crippen molar-refractivity contribution >= 4 is 12.6 Å². The molecule has 0 saturated heterocycles. The van der Waals surface area contributed by atoms with Gasteiger partial charge >= 0.3 is 0 Å². The lowest BCUT2D eigenvalue weighted by molar-refractivity contribution is 1.06. The lowest BCUT2D eigenvalue weighted by atomic mass is 10.1. The third-order valence-electron chi connectivity index (χ3n) is 1.82. The van der Waals surface area contributed by atoms with E-state index >= 15 is 0 Å². The molecule has 0 aromatic rings. The molecule has 0 atom stereocenters. The summed E-state index contributed by atoms with van der Waals surface area (Å²) in [5, 5.41) is 3.11. The van der Waals surface area contributed by atoms with Crippen LogP contribution >= 0.6 is 0 Å². The number of hydrogen-bond donors (Lipinski definition) is 1. The third-order valence-corrected chi connectivity index (χ3v) is 1.82. The maximum absolute atomic E-state index is 4.17. The van der Waals surface area contributed by atoms with E-state index in [9.17, 15) is 0 Å². The molecule has 0 amide bonds. The third kappa shape index (κ3) is 2.28. The molecular weight excluding hydrogens is 162 g/mol. The van der Waals surface area contributed by atoms with E-state index in [0.29, 0.717) is 0 Å². The van der Waals surface area contributed by atoms with Crippen molar-refractivity contribution in [3.63, 3.8) is 0 Å². The molecule has 0 aromatic carbocycles. The Hall–Kier alpha value is -1.38. The Morgan fingerprint density at radius 2 is 2.38 bits per heavy atom. The quantitative estimate of drug-likeness (QED) is 0.642. The molecule has 0 aliphatic carbocycles. The highest BCUT2D eigenvalue weighted by Gasteiger charge is 2.08. The van der Waals surface area contributed by atoms with Gasteiger partial charge in [-0.25, -0.2) is 4.99 Å². The largest absolute Gasteiger partial charge is 0.346 e. The van der Waals surface area contributed by atoms with E-state index < -0.39 is 0 Å². The maximum Gasteiger partial charge on any atom is 0.0926 e. The maximum atomic E-state index is 4.17. The second-order valence-electron chi connectivity index (χ2n) is 2.81. The molecule has 0 radical (unpaired) electrons. The van der Waals surface area contributed by atoms with Gasteiger partial charge in [0.15, 0.2) is 0 Å². The van der Waals surface area contributed by atoms with Gasteiger partial charge in [0.25, 0.3) is 0 Å². The van der Waals surface area contributed by atoms with Crippen LogP contribution in [0.3, 0.4) is 0 Å². The van der Waals surface area contributed by atoms with Crippen LogP contribution in [0.1, 0.15) is 20.3 Å². The van der Waals surface area contributed by atoms with Gasteiger partial charge in [-0.1, -0.05) is 13.0 Å². The first kappa shape index (κ1) is 9.71. The summed E-state index contributed by atoms with van der Waals surface area (Å²) in [7, 11) is 1.77. The molecule has 1 aliphatic rings. The van der Waals surface area contributed by atoms with Gasteiger partial charge in [0, 0.05) is 30.2 Å². The monoisotopic (exact) mass is 177 g/mol. The van der Waals surface area contributed by atoms with E-state index in [0.717, 1.165) is 23.4 Å². The number of hydrogen-bond acceptors (Lipinski definition) is 3. The average molecular weight is 177 g/mol. The van der Waals surface area contributed by atoms with Gasteiger partial charge in [-0.3, -0.25) is 4.99 Å². The van der Waals surface area contributed by atoms with Gasteiger partial charge in [-0.15, -0.1) is 0 Å². The number of nitrogens with zero attached hydrogens (tertiary/aromatic N) is 2. The zero-order valence-electron chi connectivity index (χ0n) is 8.33. The van der Waals surface area contributed by atoms with Crippen molar-refractivity contribution in [2.45, 2.75) is 20.3 Å². The van der Waals surface area contributed by atoms with Crippen molar-refractivity contribution < 1.29 is 0 Å². The molecule has 0 fully saturated rings. The zero-order chi connectivity index (χ0) is 9.68. The molecule has 0 aromatic heterocycles. The molecule has 0 unspecified atom stereocenters. The first-order valence-electron chi connectivity index (χ1n) is 4.42. The topological polar surface area (TPSA) is 36.8 Å². The molecule has 1 heterocycles. The highest BCUT2D eigenvalue weighted by atomic mass is 15.0. The van der Waals surface area contributed by atoms with Crippen LogP contribution in [0.25, 0.3) is 0 Å². The second kappa shape index (κ2) is 4.60. The van der Waals surface area contributed by atoms with Crippen molar-refractivity contribution in [2.75, 3.05) is 7.05 Å². The zero-order valence-corrected chi connectivity index (χ0v) is 8.33. The number of aliphatic imine (C=N–C) groups is 2. The summed E-state index contributed by atoms with van der Waals surface area (Å²) < 4.78 is 0. The average Bonchev–Trinajstić information content (AvgIpc) is 2.11. The smallest absolute Gasteiger partial charge is 0.0926 e. The Balaban J connectivity index is 3.02. The van der Waals surface area contributed by atoms with E-state index in [4.69, 9.17) is 0 Å². The fourth-order valence-corrected chi connectivity index (χ4v) is 1.21. The molecule has 0 bridgehead atoms. The Labute approximate surface area is 79.0 Å². The van der Waals surface area contributed by atoms with Crippen LogP contribution < -0.4 is 5.32 Å². The molecule has 0 spiro atoms. The van der Waals surface area contributed by atoms with Crippen LogP contribution in [0, 0.1) is 0 Å². The first-order chi connectivity index (χ1) is 6.29. The van der Waals surface area contributed by atoms with Crippen LogP contribution in [0.2, 0.25) is 0 Å². The Kier molecular flexibility index (Phi) is 3.43. The van der Waals surface area contributed by atoms with E-state index in [1.165, 1.54) is 0 Å². The Morgan fingerprint density at radius 1 is 1.62 bits per heavy atom. The molecule has 1 aliphatic heterocycles. The van der Waals surface area contributed by atoms with Crippen molar-refractivity contribution in [3.05, 3.63) is 23.0 Å². The van der Waals surface area contributed by atoms with Crippen molar-refractivity contribution in [2.24, 2.45) is 9.98 Å². The summed E-state index contributed by atoms with van der Waals surface area (Å²) in [6.45, 7) is 4.09. The Bertz CT molecular complexity index is 295. The molecule has 13 heavy (non-hydrogen) atoms. The summed E-state index contributed by atoms with van der Waals surface area (Å²) >= 11 is 0. The van der Waals surface area contributed by atoms with E-state index in [1.807, 2.05) is 13.1 Å². The van der Waals surface area contributed by atoms with Crippen LogP contribution in [0.5, 0.6) is 0 Å². The highest BCUT2D eigenvalue weighted by Crippen LogP contribution is 2.14. The van der Waals surface area contributed by atoms with Crippen LogP contribution in [0.15, 0.2) is 33.0 Å². The fourth-order valence-electron chi connectivity index (χ4n) is 1.21. The molecule has 1 N–H and O–H groups in total. The van der Waals surface area contributed by atoms with Gasteiger partial charge in [-0.2, -0.15) is 0 Å². The molecule has 3 nitrogen and oxygen atoms in total. The Morgan fingerprint density at radius 3 is 3.00 bits per heavy atom. The van der Waals surface area contributed by atoms with E-state index in [2.05, 4.69) is 28.3 Å². The highest BCUT2D eigenvalue weighted by molar-refractivity contribution is 5.88. The van der Waals surface area contributed by atoms with Crippen molar-refractivity contribution in [1.29, 1.82) is 0 Å². The van der Waals surface area contributed by atoms with E-state index in [1.54, 1.807) is 13.4 Å². The summed E-state index contributed by atoms with van der Waals surface area (Å²) in [4.78, 5) is 8.18. The lowest BCUT2D eigenvalue weighted by Crippen LogP contribution is -2.18.